The van der Waals surface area contributed by atoms with Gasteiger partial charge in [-0.15, -0.1) is 0 Å². The molecule has 14 heavy (non-hydrogen) atoms. The lowest BCUT2D eigenvalue weighted by Gasteiger charge is -2.17. The van der Waals surface area contributed by atoms with Gasteiger partial charge in [0.05, 0.1) is 0 Å². The highest BCUT2D eigenvalue weighted by molar-refractivity contribution is 5.54. The van der Waals surface area contributed by atoms with Gasteiger partial charge >= 0.3 is 0 Å². The maximum atomic E-state index is 3.61. The summed E-state index contributed by atoms with van der Waals surface area (Å²) in [5.41, 5.74) is 4.07. The van der Waals surface area contributed by atoms with Crippen LogP contribution >= 0.6 is 0 Å². The third kappa shape index (κ3) is 1.92. The molecule has 1 aliphatic rings. The molecule has 1 N–H and O–H groups in total. The Morgan fingerprint density at radius 2 is 2.00 bits per heavy atom. The van der Waals surface area contributed by atoms with Crippen molar-refractivity contribution in [3.8, 4) is 0 Å². The molecule has 1 atom stereocenters. The summed E-state index contributed by atoms with van der Waals surface area (Å²) in [5.74, 6) is 0.912. The topological polar surface area (TPSA) is 12.0 Å². The van der Waals surface area contributed by atoms with Gasteiger partial charge in [-0.25, -0.2) is 0 Å². The molecule has 2 rings (SSSR count). The van der Waals surface area contributed by atoms with Crippen molar-refractivity contribution in [3.05, 3.63) is 29.3 Å². The van der Waals surface area contributed by atoms with E-state index < -0.39 is 0 Å². The van der Waals surface area contributed by atoms with Gasteiger partial charge in [-0.1, -0.05) is 12.1 Å². The lowest BCUT2D eigenvalue weighted by Crippen LogP contribution is -2.17. The first-order valence-electron chi connectivity index (χ1n) is 5.51. The predicted molar refractivity (Wildman–Crippen MR) is 61.7 cm³/mol. The molecule has 76 valence electrons. The average Bonchev–Trinajstić information content (AvgIpc) is 2.95. The highest BCUT2D eigenvalue weighted by Crippen LogP contribution is 2.34. The molecule has 1 aromatic carbocycles. The summed E-state index contributed by atoms with van der Waals surface area (Å²) in [6.45, 7) is 6.65. The van der Waals surface area contributed by atoms with Crippen LogP contribution in [0.5, 0.6) is 0 Å². The Hall–Kier alpha value is -0.980. The van der Waals surface area contributed by atoms with Gasteiger partial charge in [-0.3, -0.25) is 0 Å². The van der Waals surface area contributed by atoms with Crippen molar-refractivity contribution in [2.75, 3.05) is 5.32 Å². The summed E-state index contributed by atoms with van der Waals surface area (Å²) in [6.07, 6.45) is 2.80. The number of hydrogen-bond donors (Lipinski definition) is 1. The van der Waals surface area contributed by atoms with Crippen LogP contribution in [-0.2, 0) is 0 Å². The van der Waals surface area contributed by atoms with Gasteiger partial charge in [0.2, 0.25) is 0 Å². The van der Waals surface area contributed by atoms with Crippen LogP contribution in [0.15, 0.2) is 18.2 Å². The maximum Gasteiger partial charge on any atom is 0.0374 e. The fourth-order valence-corrected chi connectivity index (χ4v) is 1.87. The number of benzene rings is 1. The monoisotopic (exact) mass is 189 g/mol. The van der Waals surface area contributed by atoms with Crippen LogP contribution in [0.1, 0.15) is 30.9 Å². The molecule has 0 heterocycles. The molecule has 0 saturated heterocycles. The SMILES string of the molecule is Cc1cccc(NC(C)C2CC2)c1C. The highest BCUT2D eigenvalue weighted by atomic mass is 14.9. The Balaban J connectivity index is 2.11. The van der Waals surface area contributed by atoms with Crippen molar-refractivity contribution in [2.45, 2.75) is 39.7 Å². The van der Waals surface area contributed by atoms with Gasteiger partial charge in [-0.2, -0.15) is 0 Å². The zero-order valence-electron chi connectivity index (χ0n) is 9.30. The number of rotatable bonds is 3. The molecule has 0 aromatic heterocycles. The van der Waals surface area contributed by atoms with Crippen LogP contribution in [0.3, 0.4) is 0 Å². The Morgan fingerprint density at radius 3 is 2.64 bits per heavy atom. The van der Waals surface area contributed by atoms with E-state index in [2.05, 4.69) is 44.3 Å². The van der Waals surface area contributed by atoms with Crippen LogP contribution in [0.2, 0.25) is 0 Å². The van der Waals surface area contributed by atoms with E-state index in [-0.39, 0.29) is 0 Å². The highest BCUT2D eigenvalue weighted by Gasteiger charge is 2.27. The van der Waals surface area contributed by atoms with Crippen molar-refractivity contribution in [3.63, 3.8) is 0 Å². The summed E-state index contributed by atoms with van der Waals surface area (Å²) in [7, 11) is 0. The quantitative estimate of drug-likeness (QED) is 0.767. The number of aryl methyl sites for hydroxylation is 1. The van der Waals surface area contributed by atoms with E-state index >= 15 is 0 Å². The predicted octanol–water partition coefficient (Wildman–Crippen LogP) is 3.51. The molecule has 0 radical (unpaired) electrons. The van der Waals surface area contributed by atoms with E-state index in [1.807, 2.05) is 0 Å². The van der Waals surface area contributed by atoms with Crippen molar-refractivity contribution in [1.29, 1.82) is 0 Å². The molecule has 0 spiro atoms. The average molecular weight is 189 g/mol. The molecular weight excluding hydrogens is 170 g/mol. The minimum absolute atomic E-state index is 0.635. The van der Waals surface area contributed by atoms with Crippen LogP contribution in [0, 0.1) is 19.8 Å². The molecule has 1 heteroatoms. The van der Waals surface area contributed by atoms with Crippen molar-refractivity contribution in [2.24, 2.45) is 5.92 Å². The van der Waals surface area contributed by atoms with E-state index in [1.54, 1.807) is 0 Å². The molecular formula is C13H19N. The first kappa shape index (κ1) is 9.57. The second-order valence-corrected chi connectivity index (χ2v) is 4.52. The number of anilines is 1. The van der Waals surface area contributed by atoms with Gasteiger partial charge in [0.15, 0.2) is 0 Å². The molecule has 0 bridgehead atoms. The summed E-state index contributed by atoms with van der Waals surface area (Å²) in [6, 6.07) is 7.11. The zero-order chi connectivity index (χ0) is 10.1. The largest absolute Gasteiger partial charge is 0.382 e. The summed E-state index contributed by atoms with van der Waals surface area (Å²) in [5, 5.41) is 3.61. The van der Waals surface area contributed by atoms with Gasteiger partial charge in [0.25, 0.3) is 0 Å². The first-order chi connectivity index (χ1) is 6.68. The van der Waals surface area contributed by atoms with E-state index in [9.17, 15) is 0 Å². The molecule has 1 nitrogen and oxygen atoms in total. The van der Waals surface area contributed by atoms with E-state index in [0.717, 1.165) is 5.92 Å². The van der Waals surface area contributed by atoms with E-state index in [4.69, 9.17) is 0 Å². The second-order valence-electron chi connectivity index (χ2n) is 4.52. The molecule has 1 fully saturated rings. The first-order valence-corrected chi connectivity index (χ1v) is 5.51. The van der Waals surface area contributed by atoms with Gasteiger partial charge in [0, 0.05) is 11.7 Å². The Morgan fingerprint density at radius 1 is 1.29 bits per heavy atom. The van der Waals surface area contributed by atoms with Crippen molar-refractivity contribution < 1.29 is 0 Å². The minimum atomic E-state index is 0.635. The van der Waals surface area contributed by atoms with Gasteiger partial charge < -0.3 is 5.32 Å². The lowest BCUT2D eigenvalue weighted by atomic mass is 10.1. The minimum Gasteiger partial charge on any atom is -0.382 e. The van der Waals surface area contributed by atoms with Crippen molar-refractivity contribution in [1.82, 2.24) is 0 Å². The fraction of sp³-hybridized carbons (Fsp3) is 0.538. The summed E-state index contributed by atoms with van der Waals surface area (Å²) >= 11 is 0. The van der Waals surface area contributed by atoms with Gasteiger partial charge in [-0.05, 0) is 56.7 Å². The van der Waals surface area contributed by atoms with Crippen LogP contribution in [0.25, 0.3) is 0 Å². The zero-order valence-corrected chi connectivity index (χ0v) is 9.30. The molecule has 1 aliphatic carbocycles. The standard InChI is InChI=1S/C13H19N/c1-9-5-4-6-13(10(9)2)14-11(3)12-7-8-12/h4-6,11-12,14H,7-8H2,1-3H3. The fourth-order valence-electron chi connectivity index (χ4n) is 1.87. The smallest absolute Gasteiger partial charge is 0.0374 e. The Kier molecular flexibility index (Phi) is 2.49. The molecule has 1 saturated carbocycles. The summed E-state index contributed by atoms with van der Waals surface area (Å²) < 4.78 is 0. The number of nitrogens with one attached hydrogen (secondary N) is 1. The van der Waals surface area contributed by atoms with E-state index in [1.165, 1.54) is 29.7 Å². The third-order valence-electron chi connectivity index (χ3n) is 3.32. The van der Waals surface area contributed by atoms with Crippen LogP contribution in [-0.4, -0.2) is 6.04 Å². The van der Waals surface area contributed by atoms with Crippen LogP contribution < -0.4 is 5.32 Å². The Bertz CT molecular complexity index is 326. The molecule has 0 amide bonds. The van der Waals surface area contributed by atoms with Crippen molar-refractivity contribution >= 4 is 5.69 Å². The molecule has 0 aliphatic heterocycles. The van der Waals surface area contributed by atoms with Gasteiger partial charge in [0.1, 0.15) is 0 Å². The normalized spacial score (nSPS) is 17.9. The molecule has 1 aromatic rings. The maximum absolute atomic E-state index is 3.61. The number of hydrogen-bond acceptors (Lipinski definition) is 1. The summed E-state index contributed by atoms with van der Waals surface area (Å²) in [4.78, 5) is 0. The third-order valence-corrected chi connectivity index (χ3v) is 3.32. The van der Waals surface area contributed by atoms with Crippen LogP contribution in [0.4, 0.5) is 5.69 Å². The lowest BCUT2D eigenvalue weighted by molar-refractivity contribution is 0.693. The second kappa shape index (κ2) is 3.64. The Labute approximate surface area is 86.5 Å². The molecule has 1 unspecified atom stereocenters. The van der Waals surface area contributed by atoms with E-state index in [0.29, 0.717) is 6.04 Å².